The van der Waals surface area contributed by atoms with Gasteiger partial charge in [-0.2, -0.15) is 0 Å². The van der Waals surface area contributed by atoms with Crippen molar-refractivity contribution in [3.8, 4) is 17.1 Å². The largest absolute Gasteiger partial charge is 0.507 e. The van der Waals surface area contributed by atoms with Gasteiger partial charge in [0.05, 0.1) is 0 Å². The molecule has 0 unspecified atom stereocenters. The van der Waals surface area contributed by atoms with Gasteiger partial charge in [0.2, 0.25) is 0 Å². The lowest BCUT2D eigenvalue weighted by atomic mass is 10.1. The number of rotatable bonds is 6. The van der Waals surface area contributed by atoms with E-state index in [0.717, 1.165) is 5.56 Å². The molecule has 32 heavy (non-hydrogen) atoms. The van der Waals surface area contributed by atoms with Gasteiger partial charge >= 0.3 is 0 Å². The Morgan fingerprint density at radius 3 is 1.75 bits per heavy atom. The number of hydrogen-bond donors (Lipinski definition) is 1. The fourth-order valence-electron chi connectivity index (χ4n) is 2.79. The predicted molar refractivity (Wildman–Crippen MR) is 143 cm³/mol. The number of aromatic hydroxyl groups is 1. The second kappa shape index (κ2) is 21.7. The van der Waals surface area contributed by atoms with E-state index in [1.807, 2.05) is 71.9 Å². The SMILES string of the molecule is CC.CC.CC.CCCCCCCC.O=c1cc(-c2ccccc2)oc2cccc(O)c12. The molecule has 1 heterocycles. The number of phenols is 1. The maximum absolute atomic E-state index is 12.0. The second-order valence-corrected chi connectivity index (χ2v) is 6.41. The smallest absolute Gasteiger partial charge is 0.197 e. The molecule has 0 radical (unpaired) electrons. The molecule has 0 spiro atoms. The highest BCUT2D eigenvalue weighted by molar-refractivity contribution is 5.84. The van der Waals surface area contributed by atoms with Crippen LogP contribution >= 0.6 is 0 Å². The summed E-state index contributed by atoms with van der Waals surface area (Å²) in [6.45, 7) is 16.5. The van der Waals surface area contributed by atoms with E-state index in [0.29, 0.717) is 11.3 Å². The predicted octanol–water partition coefficient (Wildman–Crippen LogP) is 9.61. The fourth-order valence-corrected chi connectivity index (χ4v) is 2.79. The van der Waals surface area contributed by atoms with Crippen molar-refractivity contribution in [3.05, 3.63) is 64.8 Å². The van der Waals surface area contributed by atoms with Gasteiger partial charge in [-0.3, -0.25) is 4.79 Å². The highest BCUT2D eigenvalue weighted by Crippen LogP contribution is 2.25. The van der Waals surface area contributed by atoms with Crippen LogP contribution in [0.2, 0.25) is 0 Å². The number of phenolic OH excluding ortho intramolecular Hbond substituents is 1. The summed E-state index contributed by atoms with van der Waals surface area (Å²) >= 11 is 0. The Kier molecular flexibility index (Phi) is 21.4. The molecule has 0 aliphatic carbocycles. The van der Waals surface area contributed by atoms with Gasteiger partial charge in [0.25, 0.3) is 0 Å². The summed E-state index contributed by atoms with van der Waals surface area (Å²) in [5.41, 5.74) is 0.981. The van der Waals surface area contributed by atoms with Crippen LogP contribution in [0.4, 0.5) is 0 Å². The van der Waals surface area contributed by atoms with Gasteiger partial charge < -0.3 is 9.52 Å². The van der Waals surface area contributed by atoms with Crippen molar-refractivity contribution in [2.45, 2.75) is 93.9 Å². The minimum absolute atomic E-state index is 0.0548. The van der Waals surface area contributed by atoms with Gasteiger partial charge in [-0.1, -0.05) is 130 Å². The van der Waals surface area contributed by atoms with Crippen LogP contribution in [0.5, 0.6) is 5.75 Å². The standard InChI is InChI=1S/C15H10O3.C8H18.3C2H6/c16-11-7-4-8-13-15(11)12(17)9-14(18-13)10-5-2-1-3-6-10;1-3-5-7-8-6-4-2;3*1-2/h1-9,16H;3-8H2,1-2H3;3*1-2H3. The van der Waals surface area contributed by atoms with Crippen molar-refractivity contribution in [3.63, 3.8) is 0 Å². The Morgan fingerprint density at radius 1 is 0.719 bits per heavy atom. The molecular weight excluding hydrogens is 396 g/mol. The van der Waals surface area contributed by atoms with Crippen LogP contribution in [0.1, 0.15) is 93.9 Å². The normalized spacial score (nSPS) is 9.00. The summed E-state index contributed by atoms with van der Waals surface area (Å²) in [4.78, 5) is 12.0. The monoisotopic (exact) mass is 442 g/mol. The van der Waals surface area contributed by atoms with E-state index in [9.17, 15) is 9.90 Å². The Balaban J connectivity index is 0. The van der Waals surface area contributed by atoms with Crippen molar-refractivity contribution < 1.29 is 9.52 Å². The molecule has 0 fully saturated rings. The third kappa shape index (κ3) is 11.7. The molecule has 180 valence electrons. The first-order valence-electron chi connectivity index (χ1n) is 12.5. The highest BCUT2D eigenvalue weighted by atomic mass is 16.3. The van der Waals surface area contributed by atoms with Gasteiger partial charge in [-0.15, -0.1) is 0 Å². The summed E-state index contributed by atoms with van der Waals surface area (Å²) in [6, 6.07) is 15.6. The van der Waals surface area contributed by atoms with E-state index in [1.165, 1.54) is 50.7 Å². The van der Waals surface area contributed by atoms with Gasteiger partial charge in [-0.05, 0) is 12.1 Å². The van der Waals surface area contributed by atoms with Gasteiger partial charge in [0.15, 0.2) is 5.43 Å². The van der Waals surface area contributed by atoms with Crippen LogP contribution in [-0.4, -0.2) is 5.11 Å². The molecule has 0 atom stereocenters. The van der Waals surface area contributed by atoms with E-state index in [4.69, 9.17) is 4.42 Å². The summed E-state index contributed by atoms with van der Waals surface area (Å²) in [5, 5.41) is 9.87. The molecule has 0 aliphatic heterocycles. The zero-order valence-electron chi connectivity index (χ0n) is 21.7. The molecular formula is C29H46O3. The van der Waals surface area contributed by atoms with Crippen LogP contribution in [-0.2, 0) is 0 Å². The minimum Gasteiger partial charge on any atom is -0.507 e. The average molecular weight is 443 g/mol. The highest BCUT2D eigenvalue weighted by Gasteiger charge is 2.09. The lowest BCUT2D eigenvalue weighted by Crippen LogP contribution is -2.00. The Labute approximate surface area is 196 Å². The lowest BCUT2D eigenvalue weighted by molar-refractivity contribution is 0.479. The summed E-state index contributed by atoms with van der Waals surface area (Å²) in [5.74, 6) is 0.444. The molecule has 0 saturated carbocycles. The zero-order valence-corrected chi connectivity index (χ0v) is 21.7. The fraction of sp³-hybridized carbons (Fsp3) is 0.483. The summed E-state index contributed by atoms with van der Waals surface area (Å²) in [7, 11) is 0. The summed E-state index contributed by atoms with van der Waals surface area (Å²) < 4.78 is 5.65. The Morgan fingerprint density at radius 2 is 1.25 bits per heavy atom. The van der Waals surface area contributed by atoms with E-state index in [-0.39, 0.29) is 16.6 Å². The number of benzene rings is 2. The van der Waals surface area contributed by atoms with E-state index in [2.05, 4.69) is 13.8 Å². The maximum Gasteiger partial charge on any atom is 0.197 e. The molecule has 3 nitrogen and oxygen atoms in total. The van der Waals surface area contributed by atoms with Crippen LogP contribution in [0, 0.1) is 0 Å². The molecule has 0 aliphatic rings. The van der Waals surface area contributed by atoms with E-state index in [1.54, 1.807) is 12.1 Å². The number of hydrogen-bond acceptors (Lipinski definition) is 3. The molecule has 3 aromatic rings. The zero-order chi connectivity index (χ0) is 24.8. The topological polar surface area (TPSA) is 50.4 Å². The average Bonchev–Trinajstić information content (AvgIpc) is 2.86. The van der Waals surface area contributed by atoms with Crippen LogP contribution in [0.25, 0.3) is 22.3 Å². The van der Waals surface area contributed by atoms with Crippen molar-refractivity contribution in [1.29, 1.82) is 0 Å². The number of unbranched alkanes of at least 4 members (excludes halogenated alkanes) is 5. The maximum atomic E-state index is 12.0. The van der Waals surface area contributed by atoms with Crippen LogP contribution < -0.4 is 5.43 Å². The van der Waals surface area contributed by atoms with Crippen LogP contribution in [0.3, 0.4) is 0 Å². The molecule has 3 rings (SSSR count). The first-order valence-corrected chi connectivity index (χ1v) is 12.5. The van der Waals surface area contributed by atoms with Crippen molar-refractivity contribution in [1.82, 2.24) is 0 Å². The second-order valence-electron chi connectivity index (χ2n) is 6.41. The lowest BCUT2D eigenvalue weighted by Gasteiger charge is -2.03. The van der Waals surface area contributed by atoms with Crippen molar-refractivity contribution in [2.75, 3.05) is 0 Å². The minimum atomic E-state index is -0.242. The molecule has 1 aromatic heterocycles. The van der Waals surface area contributed by atoms with E-state index < -0.39 is 0 Å². The van der Waals surface area contributed by atoms with Crippen molar-refractivity contribution in [2.24, 2.45) is 0 Å². The molecule has 2 aromatic carbocycles. The molecule has 1 N–H and O–H groups in total. The Hall–Kier alpha value is -2.55. The molecule has 0 saturated heterocycles. The first-order chi connectivity index (χ1) is 15.7. The third-order valence-electron chi connectivity index (χ3n) is 4.25. The van der Waals surface area contributed by atoms with Gasteiger partial charge in [0, 0.05) is 11.6 Å². The molecule has 0 bridgehead atoms. The number of fused-ring (bicyclic) bond motifs is 1. The van der Waals surface area contributed by atoms with Gasteiger partial charge in [0.1, 0.15) is 22.5 Å². The molecule has 3 heteroatoms. The quantitative estimate of drug-likeness (QED) is 0.386. The molecule has 0 amide bonds. The first kappa shape index (κ1) is 31.6. The third-order valence-corrected chi connectivity index (χ3v) is 4.25. The van der Waals surface area contributed by atoms with Gasteiger partial charge in [-0.25, -0.2) is 0 Å². The Bertz CT molecular complexity index is 845. The van der Waals surface area contributed by atoms with Crippen molar-refractivity contribution >= 4 is 11.0 Å². The van der Waals surface area contributed by atoms with Crippen LogP contribution in [0.15, 0.2) is 63.8 Å². The van der Waals surface area contributed by atoms with E-state index >= 15 is 0 Å². The summed E-state index contributed by atoms with van der Waals surface area (Å²) in [6.07, 6.45) is 8.49.